The van der Waals surface area contributed by atoms with Crippen molar-refractivity contribution in [3.8, 4) is 17.3 Å². The van der Waals surface area contributed by atoms with Crippen LogP contribution in [0.1, 0.15) is 25.5 Å². The summed E-state index contributed by atoms with van der Waals surface area (Å²) in [6, 6.07) is 14.8. The first kappa shape index (κ1) is 19.5. The van der Waals surface area contributed by atoms with Gasteiger partial charge in [-0.1, -0.05) is 12.1 Å². The molecule has 0 spiro atoms. The van der Waals surface area contributed by atoms with Gasteiger partial charge in [0.25, 0.3) is 5.91 Å². The topological polar surface area (TPSA) is 56.6 Å². The number of carbonyl (C=O) groups is 1. The summed E-state index contributed by atoms with van der Waals surface area (Å²) >= 11 is 0. The van der Waals surface area contributed by atoms with E-state index in [4.69, 9.17) is 9.47 Å². The van der Waals surface area contributed by atoms with Crippen molar-refractivity contribution in [2.45, 2.75) is 20.0 Å². The van der Waals surface area contributed by atoms with Crippen LogP contribution >= 0.6 is 0 Å². The number of nitrogens with zero attached hydrogens (tertiary/aromatic N) is 3. The second-order valence-corrected chi connectivity index (χ2v) is 6.20. The molecule has 2 aromatic heterocycles. The minimum Gasteiger partial charge on any atom is -0.497 e. The minimum absolute atomic E-state index is 0.0857. The number of ether oxygens (including phenoxy) is 2. The zero-order chi connectivity index (χ0) is 19.9. The maximum absolute atomic E-state index is 13.2. The van der Waals surface area contributed by atoms with Crippen LogP contribution in [0.25, 0.3) is 5.82 Å². The van der Waals surface area contributed by atoms with Crippen molar-refractivity contribution in [2.75, 3.05) is 20.2 Å². The van der Waals surface area contributed by atoms with E-state index in [0.29, 0.717) is 24.7 Å². The van der Waals surface area contributed by atoms with Crippen LogP contribution in [0.5, 0.6) is 11.5 Å². The monoisotopic (exact) mass is 379 g/mol. The smallest absolute Gasteiger partial charge is 0.268 e. The second kappa shape index (κ2) is 9.08. The van der Waals surface area contributed by atoms with Crippen LogP contribution < -0.4 is 9.47 Å². The summed E-state index contributed by atoms with van der Waals surface area (Å²) in [4.78, 5) is 19.4. The van der Waals surface area contributed by atoms with E-state index in [1.165, 1.54) is 0 Å². The quantitative estimate of drug-likeness (QED) is 0.596. The molecule has 0 fully saturated rings. The number of rotatable bonds is 8. The largest absolute Gasteiger partial charge is 0.497 e. The third kappa shape index (κ3) is 4.17. The zero-order valence-electron chi connectivity index (χ0n) is 16.4. The molecule has 0 aliphatic heterocycles. The molecule has 6 heteroatoms. The molecule has 3 aromatic rings. The fourth-order valence-electron chi connectivity index (χ4n) is 3.01. The molecule has 3 rings (SSSR count). The Hall–Kier alpha value is -3.28. The van der Waals surface area contributed by atoms with E-state index in [9.17, 15) is 4.79 Å². The number of pyridine rings is 1. The number of methoxy groups -OCH3 is 1. The van der Waals surface area contributed by atoms with Crippen LogP contribution in [0.3, 0.4) is 0 Å². The highest BCUT2D eigenvalue weighted by atomic mass is 16.5. The molecule has 0 saturated heterocycles. The molecule has 1 unspecified atom stereocenters. The van der Waals surface area contributed by atoms with Crippen LogP contribution in [0.4, 0.5) is 0 Å². The van der Waals surface area contributed by atoms with Gasteiger partial charge < -0.3 is 18.9 Å². The van der Waals surface area contributed by atoms with E-state index in [0.717, 1.165) is 11.3 Å². The maximum Gasteiger partial charge on any atom is 0.268 e. The Morgan fingerprint density at radius 1 is 1.07 bits per heavy atom. The molecule has 1 amide bonds. The molecule has 146 valence electrons. The highest BCUT2D eigenvalue weighted by Crippen LogP contribution is 2.29. The third-order valence-electron chi connectivity index (χ3n) is 4.56. The van der Waals surface area contributed by atoms with Gasteiger partial charge in [-0.05, 0) is 50.2 Å². The number of carbonyl (C=O) groups excluding carboxylic acids is 1. The van der Waals surface area contributed by atoms with E-state index in [-0.39, 0.29) is 5.91 Å². The van der Waals surface area contributed by atoms with Crippen molar-refractivity contribution in [1.82, 2.24) is 14.5 Å². The Morgan fingerprint density at radius 3 is 2.36 bits per heavy atom. The predicted octanol–water partition coefficient (Wildman–Crippen LogP) is 3.87. The Morgan fingerprint density at radius 2 is 1.75 bits per heavy atom. The lowest BCUT2D eigenvalue weighted by Crippen LogP contribution is -2.37. The van der Waals surface area contributed by atoms with E-state index in [2.05, 4.69) is 4.98 Å². The van der Waals surface area contributed by atoms with Crippen molar-refractivity contribution in [3.05, 3.63) is 72.7 Å². The van der Waals surface area contributed by atoms with Gasteiger partial charge in [-0.3, -0.25) is 4.79 Å². The van der Waals surface area contributed by atoms with Gasteiger partial charge in [0.2, 0.25) is 6.10 Å². The van der Waals surface area contributed by atoms with Gasteiger partial charge in [0.15, 0.2) is 11.6 Å². The van der Waals surface area contributed by atoms with Crippen LogP contribution in [0, 0.1) is 0 Å². The summed E-state index contributed by atoms with van der Waals surface area (Å²) < 4.78 is 13.4. The summed E-state index contributed by atoms with van der Waals surface area (Å²) in [5.74, 6) is 1.82. The SMILES string of the molecule is CCN(CC)C(=O)C(Oc1cccnc1-n1cccc1)c1ccc(OC)cc1. The number of aromatic nitrogens is 2. The second-order valence-electron chi connectivity index (χ2n) is 6.20. The third-order valence-corrected chi connectivity index (χ3v) is 4.56. The number of hydrogen-bond acceptors (Lipinski definition) is 4. The van der Waals surface area contributed by atoms with Crippen molar-refractivity contribution in [3.63, 3.8) is 0 Å². The van der Waals surface area contributed by atoms with Crippen molar-refractivity contribution < 1.29 is 14.3 Å². The molecular formula is C22H25N3O3. The summed E-state index contributed by atoms with van der Waals surface area (Å²) in [6.07, 6.45) is 4.72. The lowest BCUT2D eigenvalue weighted by molar-refractivity contribution is -0.138. The highest BCUT2D eigenvalue weighted by molar-refractivity contribution is 5.83. The lowest BCUT2D eigenvalue weighted by Gasteiger charge is -2.26. The van der Waals surface area contributed by atoms with Gasteiger partial charge in [0.05, 0.1) is 7.11 Å². The Kier molecular flexibility index (Phi) is 6.32. The first-order chi connectivity index (χ1) is 13.7. The fourth-order valence-corrected chi connectivity index (χ4v) is 3.01. The van der Waals surface area contributed by atoms with Gasteiger partial charge in [-0.25, -0.2) is 4.98 Å². The van der Waals surface area contributed by atoms with Gasteiger partial charge >= 0.3 is 0 Å². The first-order valence-corrected chi connectivity index (χ1v) is 9.35. The van der Waals surface area contributed by atoms with Crippen LogP contribution in [-0.4, -0.2) is 40.6 Å². The van der Waals surface area contributed by atoms with Gasteiger partial charge in [0.1, 0.15) is 5.75 Å². The molecule has 0 radical (unpaired) electrons. The number of amides is 1. The van der Waals surface area contributed by atoms with Crippen molar-refractivity contribution >= 4 is 5.91 Å². The summed E-state index contributed by atoms with van der Waals surface area (Å²) in [7, 11) is 1.61. The summed E-state index contributed by atoms with van der Waals surface area (Å²) in [6.45, 7) is 5.15. The van der Waals surface area contributed by atoms with E-state index < -0.39 is 6.10 Å². The average Bonchev–Trinajstić information content (AvgIpc) is 3.28. The fraction of sp³-hybridized carbons (Fsp3) is 0.273. The highest BCUT2D eigenvalue weighted by Gasteiger charge is 2.27. The lowest BCUT2D eigenvalue weighted by atomic mass is 10.1. The van der Waals surface area contributed by atoms with Gasteiger partial charge in [-0.2, -0.15) is 0 Å². The van der Waals surface area contributed by atoms with Gasteiger partial charge in [0, 0.05) is 37.2 Å². The minimum atomic E-state index is -0.774. The predicted molar refractivity (Wildman–Crippen MR) is 108 cm³/mol. The maximum atomic E-state index is 13.2. The van der Waals surface area contributed by atoms with Crippen LogP contribution in [0.15, 0.2) is 67.1 Å². The Labute approximate surface area is 165 Å². The molecule has 1 atom stereocenters. The normalized spacial score (nSPS) is 11.7. The Balaban J connectivity index is 1.99. The van der Waals surface area contributed by atoms with Crippen LogP contribution in [-0.2, 0) is 4.79 Å². The molecular weight excluding hydrogens is 354 g/mol. The Bertz CT molecular complexity index is 888. The number of benzene rings is 1. The molecule has 2 heterocycles. The van der Waals surface area contributed by atoms with E-state index in [1.807, 2.05) is 73.3 Å². The van der Waals surface area contributed by atoms with Crippen molar-refractivity contribution in [1.29, 1.82) is 0 Å². The van der Waals surface area contributed by atoms with Crippen molar-refractivity contribution in [2.24, 2.45) is 0 Å². The van der Waals surface area contributed by atoms with E-state index in [1.54, 1.807) is 24.3 Å². The summed E-state index contributed by atoms with van der Waals surface area (Å²) in [5, 5.41) is 0. The number of likely N-dealkylation sites (N-methyl/N-ethyl adjacent to an activating group) is 1. The molecule has 0 saturated carbocycles. The van der Waals surface area contributed by atoms with Gasteiger partial charge in [-0.15, -0.1) is 0 Å². The molecule has 0 aliphatic carbocycles. The molecule has 0 bridgehead atoms. The summed E-state index contributed by atoms with van der Waals surface area (Å²) in [5.41, 5.74) is 0.764. The standard InChI is InChI=1S/C22H25N3O3/c1-4-24(5-2)22(26)20(17-10-12-18(27-3)13-11-17)28-19-9-8-14-23-21(19)25-15-6-7-16-25/h6-16,20H,4-5H2,1-3H3. The van der Waals surface area contributed by atoms with Crippen LogP contribution in [0.2, 0.25) is 0 Å². The average molecular weight is 379 g/mol. The molecule has 6 nitrogen and oxygen atoms in total. The molecule has 1 aromatic carbocycles. The number of hydrogen-bond donors (Lipinski definition) is 0. The molecule has 0 N–H and O–H groups in total. The molecule has 28 heavy (non-hydrogen) atoms. The first-order valence-electron chi connectivity index (χ1n) is 9.35. The molecule has 0 aliphatic rings. The van der Waals surface area contributed by atoms with E-state index >= 15 is 0 Å². The zero-order valence-corrected chi connectivity index (χ0v) is 16.4.